The number of thioether (sulfide) groups is 1. The minimum Gasteiger partial charge on any atom is -0.351 e. The fourth-order valence-electron chi connectivity index (χ4n) is 3.03. The molecule has 158 valence electrons. The molecule has 0 radical (unpaired) electrons. The maximum absolute atomic E-state index is 12.2. The molecule has 1 amide bonds. The number of nitrogens with one attached hydrogen (secondary N) is 2. The van der Waals surface area contributed by atoms with Gasteiger partial charge in [-0.2, -0.15) is 0 Å². The smallest absolute Gasteiger partial charge is 0.230 e. The Morgan fingerprint density at radius 3 is 2.30 bits per heavy atom. The molecule has 0 heterocycles. The first kappa shape index (κ1) is 22.3. The van der Waals surface area contributed by atoms with E-state index in [1.54, 1.807) is 26.0 Å². The third kappa shape index (κ3) is 6.86. The van der Waals surface area contributed by atoms with Crippen LogP contribution in [-0.4, -0.2) is 26.1 Å². The number of rotatable bonds is 9. The summed E-state index contributed by atoms with van der Waals surface area (Å²) in [6, 6.07) is 21.5. The average Bonchev–Trinajstić information content (AvgIpc) is 2.70. The fraction of sp³-hybridized carbons (Fsp3) is 0.261. The molecule has 5 nitrogen and oxygen atoms in total. The van der Waals surface area contributed by atoms with Crippen molar-refractivity contribution in [3.63, 3.8) is 0 Å². The van der Waals surface area contributed by atoms with Gasteiger partial charge in [0.15, 0.2) is 0 Å². The molecule has 0 aliphatic heterocycles. The number of carbonyl (C=O) groups is 1. The lowest BCUT2D eigenvalue weighted by Gasteiger charge is -2.10. The van der Waals surface area contributed by atoms with Crippen molar-refractivity contribution in [1.82, 2.24) is 10.0 Å². The van der Waals surface area contributed by atoms with E-state index in [0.29, 0.717) is 17.9 Å². The summed E-state index contributed by atoms with van der Waals surface area (Å²) in [5.74, 6) is 0.247. The zero-order valence-corrected chi connectivity index (χ0v) is 18.7. The van der Waals surface area contributed by atoms with Crippen LogP contribution in [0.2, 0.25) is 0 Å². The van der Waals surface area contributed by atoms with Crippen LogP contribution in [0.25, 0.3) is 10.8 Å². The second-order valence-corrected chi connectivity index (χ2v) is 10.2. The van der Waals surface area contributed by atoms with Crippen molar-refractivity contribution in [2.45, 2.75) is 37.1 Å². The van der Waals surface area contributed by atoms with Gasteiger partial charge >= 0.3 is 0 Å². The van der Waals surface area contributed by atoms with Gasteiger partial charge in [0.2, 0.25) is 15.9 Å². The predicted molar refractivity (Wildman–Crippen MR) is 124 cm³/mol. The Hall–Kier alpha value is -2.35. The summed E-state index contributed by atoms with van der Waals surface area (Å²) >= 11 is 1.51. The summed E-state index contributed by atoms with van der Waals surface area (Å²) in [7, 11) is -3.34. The molecule has 0 saturated carbocycles. The van der Waals surface area contributed by atoms with E-state index in [2.05, 4.69) is 34.3 Å². The van der Waals surface area contributed by atoms with E-state index in [1.807, 2.05) is 30.3 Å². The molecule has 3 aromatic carbocycles. The Morgan fingerprint density at radius 2 is 1.60 bits per heavy atom. The molecular formula is C23H26N2O3S2. The number of amides is 1. The van der Waals surface area contributed by atoms with Gasteiger partial charge in [-0.3, -0.25) is 4.79 Å². The Kier molecular flexibility index (Phi) is 7.53. The molecule has 0 aromatic heterocycles. The standard InChI is InChI=1S/C23H26N2O3S2/c1-17(2)25-30(27,28)16-19-9-7-18(8-10-19)14-24-23(26)15-29-22-12-11-20-5-3-4-6-21(20)13-22/h3-13,17,25H,14-16H2,1-2H3,(H,24,26). The number of fused-ring (bicyclic) bond motifs is 1. The lowest BCUT2D eigenvalue weighted by atomic mass is 10.1. The zero-order valence-electron chi connectivity index (χ0n) is 17.1. The summed E-state index contributed by atoms with van der Waals surface area (Å²) in [4.78, 5) is 13.3. The molecule has 3 rings (SSSR count). The number of hydrogen-bond donors (Lipinski definition) is 2. The molecule has 0 aliphatic rings. The van der Waals surface area contributed by atoms with Crippen LogP contribution in [0.4, 0.5) is 0 Å². The van der Waals surface area contributed by atoms with E-state index >= 15 is 0 Å². The molecule has 0 unspecified atom stereocenters. The monoisotopic (exact) mass is 442 g/mol. The second kappa shape index (κ2) is 10.1. The first-order valence-electron chi connectivity index (χ1n) is 9.77. The third-order valence-electron chi connectivity index (χ3n) is 4.38. The fourth-order valence-corrected chi connectivity index (χ4v) is 5.24. The summed E-state index contributed by atoms with van der Waals surface area (Å²) < 4.78 is 26.6. The normalized spacial score (nSPS) is 11.7. The van der Waals surface area contributed by atoms with Crippen molar-refractivity contribution in [2.75, 3.05) is 5.75 Å². The minimum absolute atomic E-state index is 0.0408. The highest BCUT2D eigenvalue weighted by Gasteiger charge is 2.12. The predicted octanol–water partition coefficient (Wildman–Crippen LogP) is 4.08. The largest absolute Gasteiger partial charge is 0.351 e. The topological polar surface area (TPSA) is 75.3 Å². The van der Waals surface area contributed by atoms with Crippen molar-refractivity contribution >= 4 is 38.5 Å². The highest BCUT2D eigenvalue weighted by molar-refractivity contribution is 8.00. The quantitative estimate of drug-likeness (QED) is 0.490. The van der Waals surface area contributed by atoms with Gasteiger partial charge in [0.1, 0.15) is 0 Å². The van der Waals surface area contributed by atoms with Crippen molar-refractivity contribution in [1.29, 1.82) is 0 Å². The summed E-state index contributed by atoms with van der Waals surface area (Å²) in [5, 5.41) is 5.25. The first-order chi connectivity index (χ1) is 14.3. The summed E-state index contributed by atoms with van der Waals surface area (Å²) in [5.41, 5.74) is 1.64. The lowest BCUT2D eigenvalue weighted by molar-refractivity contribution is -0.118. The Balaban J connectivity index is 1.47. The molecule has 2 N–H and O–H groups in total. The maximum Gasteiger partial charge on any atom is 0.230 e. The molecule has 0 atom stereocenters. The van der Waals surface area contributed by atoms with E-state index < -0.39 is 10.0 Å². The van der Waals surface area contributed by atoms with Gasteiger partial charge < -0.3 is 5.32 Å². The Bertz CT molecular complexity index is 1110. The molecule has 0 fully saturated rings. The van der Waals surface area contributed by atoms with Gasteiger partial charge in [-0.1, -0.05) is 54.6 Å². The molecule has 0 aliphatic carbocycles. The highest BCUT2D eigenvalue weighted by Crippen LogP contribution is 2.23. The van der Waals surface area contributed by atoms with Crippen LogP contribution < -0.4 is 10.0 Å². The van der Waals surface area contributed by atoms with Gasteiger partial charge in [-0.05, 0) is 47.9 Å². The van der Waals surface area contributed by atoms with Gasteiger partial charge in [0.25, 0.3) is 0 Å². The summed E-state index contributed by atoms with van der Waals surface area (Å²) in [6.07, 6.45) is 0. The SMILES string of the molecule is CC(C)NS(=O)(=O)Cc1ccc(CNC(=O)CSc2ccc3ccccc3c2)cc1. The lowest BCUT2D eigenvalue weighted by Crippen LogP contribution is -2.31. The van der Waals surface area contributed by atoms with E-state index in [9.17, 15) is 13.2 Å². The third-order valence-corrected chi connectivity index (χ3v) is 6.91. The van der Waals surface area contributed by atoms with Crippen molar-refractivity contribution in [2.24, 2.45) is 0 Å². The Morgan fingerprint density at radius 1 is 0.933 bits per heavy atom. The molecule has 0 bridgehead atoms. The van der Waals surface area contributed by atoms with E-state index in [4.69, 9.17) is 0 Å². The number of carbonyl (C=O) groups excluding carboxylic acids is 1. The molecule has 0 saturated heterocycles. The second-order valence-electron chi connectivity index (χ2n) is 7.42. The van der Waals surface area contributed by atoms with Crippen molar-refractivity contribution in [3.8, 4) is 0 Å². The first-order valence-corrected chi connectivity index (χ1v) is 12.4. The van der Waals surface area contributed by atoms with Gasteiger partial charge in [-0.25, -0.2) is 13.1 Å². The highest BCUT2D eigenvalue weighted by atomic mass is 32.2. The Labute approximate surface area is 182 Å². The van der Waals surface area contributed by atoms with Crippen LogP contribution in [0.5, 0.6) is 0 Å². The molecular weight excluding hydrogens is 416 g/mol. The number of hydrogen-bond acceptors (Lipinski definition) is 4. The van der Waals surface area contributed by atoms with Crippen LogP contribution >= 0.6 is 11.8 Å². The summed E-state index contributed by atoms with van der Waals surface area (Å²) in [6.45, 7) is 4.00. The molecule has 0 spiro atoms. The average molecular weight is 443 g/mol. The van der Waals surface area contributed by atoms with Gasteiger partial charge in [0, 0.05) is 17.5 Å². The number of benzene rings is 3. The minimum atomic E-state index is -3.34. The van der Waals surface area contributed by atoms with E-state index in [-0.39, 0.29) is 17.7 Å². The van der Waals surface area contributed by atoms with Gasteiger partial charge in [-0.15, -0.1) is 11.8 Å². The van der Waals surface area contributed by atoms with Crippen LogP contribution in [0.15, 0.2) is 71.6 Å². The van der Waals surface area contributed by atoms with E-state index in [1.165, 1.54) is 17.1 Å². The van der Waals surface area contributed by atoms with Crippen LogP contribution in [-0.2, 0) is 27.1 Å². The van der Waals surface area contributed by atoms with Crippen LogP contribution in [0.1, 0.15) is 25.0 Å². The van der Waals surface area contributed by atoms with E-state index in [0.717, 1.165) is 15.8 Å². The molecule has 7 heteroatoms. The van der Waals surface area contributed by atoms with Crippen molar-refractivity contribution in [3.05, 3.63) is 77.9 Å². The molecule has 30 heavy (non-hydrogen) atoms. The molecule has 3 aromatic rings. The van der Waals surface area contributed by atoms with Gasteiger partial charge in [0.05, 0.1) is 11.5 Å². The van der Waals surface area contributed by atoms with Crippen LogP contribution in [0.3, 0.4) is 0 Å². The van der Waals surface area contributed by atoms with Crippen molar-refractivity contribution < 1.29 is 13.2 Å². The maximum atomic E-state index is 12.2. The number of sulfonamides is 1. The zero-order chi connectivity index (χ0) is 21.6. The van der Waals surface area contributed by atoms with Crippen LogP contribution in [0, 0.1) is 0 Å².